The van der Waals surface area contributed by atoms with E-state index < -0.39 is 12.1 Å². The third kappa shape index (κ3) is 7.04. The highest BCUT2D eigenvalue weighted by Gasteiger charge is 2.38. The summed E-state index contributed by atoms with van der Waals surface area (Å²) in [6.45, 7) is 8.42. The first kappa shape index (κ1) is 28.1. The average molecular weight is 541 g/mol. The molecule has 3 aromatic heterocycles. The van der Waals surface area contributed by atoms with Crippen LogP contribution in [0.2, 0.25) is 0 Å². The Bertz CT molecular complexity index is 1250. The molecule has 1 atom stereocenters. The number of hydrogen-bond donors (Lipinski definition) is 2. The third-order valence-corrected chi connectivity index (χ3v) is 6.64. The summed E-state index contributed by atoms with van der Waals surface area (Å²) in [6, 6.07) is 7.76. The molecule has 0 saturated carbocycles. The van der Waals surface area contributed by atoms with Crippen molar-refractivity contribution >= 4 is 34.8 Å². The lowest BCUT2D eigenvalue weighted by Crippen LogP contribution is -2.52. The summed E-state index contributed by atoms with van der Waals surface area (Å²) in [5.41, 5.74) is 1.24. The topological polar surface area (TPSA) is 120 Å². The highest BCUT2D eigenvalue weighted by Crippen LogP contribution is 2.27. The highest BCUT2D eigenvalue weighted by molar-refractivity contribution is 7.09. The fraction of sp³-hybridized carbons (Fsp3) is 0.435. The van der Waals surface area contributed by atoms with Gasteiger partial charge in [0.25, 0.3) is 5.91 Å². The van der Waals surface area contributed by atoms with Gasteiger partial charge in [0.15, 0.2) is 11.5 Å². The minimum absolute atomic E-state index is 0.0610. The molecule has 0 spiro atoms. The molecular weight excluding hydrogens is 513 g/mol. The van der Waals surface area contributed by atoms with Gasteiger partial charge in [0.2, 0.25) is 5.91 Å². The van der Waals surface area contributed by atoms with E-state index in [1.54, 1.807) is 30.5 Å². The minimum atomic E-state index is -5.08. The molecule has 1 saturated heterocycles. The van der Waals surface area contributed by atoms with E-state index in [9.17, 15) is 22.8 Å². The van der Waals surface area contributed by atoms with Gasteiger partial charge in [-0.15, -0.1) is 21.5 Å². The number of hydrogen-bond acceptors (Lipinski definition) is 7. The van der Waals surface area contributed by atoms with Crippen LogP contribution in [0.4, 0.5) is 13.2 Å². The number of thiophene rings is 1. The number of aliphatic carboxylic acids is 1. The van der Waals surface area contributed by atoms with Crippen LogP contribution in [0.1, 0.15) is 47.9 Å². The number of amides is 2. The van der Waals surface area contributed by atoms with Gasteiger partial charge in [0.1, 0.15) is 0 Å². The van der Waals surface area contributed by atoms with Crippen LogP contribution < -0.4 is 5.32 Å². The Hall–Kier alpha value is -3.52. The average Bonchev–Trinajstić information content (AvgIpc) is 3.51. The van der Waals surface area contributed by atoms with Crippen LogP contribution in [-0.2, 0) is 16.1 Å². The van der Waals surface area contributed by atoms with E-state index in [4.69, 9.17) is 9.90 Å². The summed E-state index contributed by atoms with van der Waals surface area (Å²) in [4.78, 5) is 38.8. The number of nitrogens with zero attached hydrogens (tertiary/aromatic N) is 5. The highest BCUT2D eigenvalue weighted by atomic mass is 32.1. The van der Waals surface area contributed by atoms with Crippen molar-refractivity contribution in [3.63, 3.8) is 0 Å². The molecule has 0 aliphatic carbocycles. The number of carbonyl (C=O) groups is 3. The van der Waals surface area contributed by atoms with Gasteiger partial charge < -0.3 is 15.3 Å². The smallest absolute Gasteiger partial charge is 0.475 e. The molecule has 14 heteroatoms. The zero-order chi connectivity index (χ0) is 27.3. The summed E-state index contributed by atoms with van der Waals surface area (Å²) in [6.07, 6.45) is -3.29. The maximum atomic E-state index is 12.7. The second-order valence-electron chi connectivity index (χ2n) is 8.58. The Morgan fingerprint density at radius 2 is 1.89 bits per heavy atom. The number of carboxylic acid groups (broad SMARTS) is 1. The Kier molecular flexibility index (Phi) is 8.86. The monoisotopic (exact) mass is 540 g/mol. The van der Waals surface area contributed by atoms with Crippen LogP contribution in [-0.4, -0.2) is 79.1 Å². The molecule has 2 N–H and O–H groups in total. The molecule has 0 aromatic carbocycles. The molecule has 1 aliphatic heterocycles. The van der Waals surface area contributed by atoms with Crippen LogP contribution in [0.15, 0.2) is 35.8 Å². The first-order valence-corrected chi connectivity index (χ1v) is 12.2. The number of carboxylic acids is 1. The van der Waals surface area contributed by atoms with E-state index in [-0.39, 0.29) is 17.9 Å². The second kappa shape index (κ2) is 11.7. The largest absolute Gasteiger partial charge is 0.490 e. The standard InChI is InChI=1S/C21H26N6O2S.C2HF3O2/c1-14(2)26-9-8-25(15(3)28)13-18(26)20-24-23-19-7-6-16(12-27(19)20)21(29)22-11-17-5-4-10-30-17;3-2(4,5)1(6)7/h4-7,10,12,14,18H,8-9,11,13H2,1-3H3,(H,22,29);(H,6,7). The van der Waals surface area contributed by atoms with Crippen LogP contribution in [0.25, 0.3) is 5.65 Å². The van der Waals surface area contributed by atoms with Crippen molar-refractivity contribution < 1.29 is 32.7 Å². The van der Waals surface area contributed by atoms with Crippen molar-refractivity contribution in [3.05, 3.63) is 52.1 Å². The summed E-state index contributed by atoms with van der Waals surface area (Å²) in [5, 5.41) is 20.8. The van der Waals surface area contributed by atoms with Crippen molar-refractivity contribution in [2.24, 2.45) is 0 Å². The first-order chi connectivity index (χ1) is 17.4. The van der Waals surface area contributed by atoms with Crippen LogP contribution in [0.3, 0.4) is 0 Å². The number of alkyl halides is 3. The molecule has 0 radical (unpaired) electrons. The van der Waals surface area contributed by atoms with E-state index >= 15 is 0 Å². The molecule has 37 heavy (non-hydrogen) atoms. The summed E-state index contributed by atoms with van der Waals surface area (Å²) < 4.78 is 33.6. The summed E-state index contributed by atoms with van der Waals surface area (Å²) in [5.74, 6) is -2.09. The number of rotatable bonds is 5. The Morgan fingerprint density at radius 3 is 2.46 bits per heavy atom. The molecular formula is C23H27F3N6O4S. The molecule has 4 rings (SSSR count). The predicted octanol–water partition coefficient (Wildman–Crippen LogP) is 2.97. The number of aromatic nitrogens is 3. The van der Waals surface area contributed by atoms with Crippen molar-refractivity contribution in [3.8, 4) is 0 Å². The Labute approximate surface area is 214 Å². The van der Waals surface area contributed by atoms with Gasteiger partial charge in [-0.3, -0.25) is 18.9 Å². The van der Waals surface area contributed by atoms with E-state index in [2.05, 4.69) is 34.3 Å². The van der Waals surface area contributed by atoms with Crippen molar-refractivity contribution in [2.75, 3.05) is 19.6 Å². The normalized spacial score (nSPS) is 16.4. The third-order valence-electron chi connectivity index (χ3n) is 5.77. The number of carbonyl (C=O) groups excluding carboxylic acids is 2. The van der Waals surface area contributed by atoms with E-state index in [0.717, 1.165) is 17.2 Å². The van der Waals surface area contributed by atoms with Crippen LogP contribution in [0.5, 0.6) is 0 Å². The van der Waals surface area contributed by atoms with Crippen molar-refractivity contribution in [1.82, 2.24) is 29.7 Å². The Balaban J connectivity index is 0.000000479. The number of pyridine rings is 1. The number of halogens is 3. The molecule has 1 fully saturated rings. The van der Waals surface area contributed by atoms with Crippen LogP contribution >= 0.6 is 11.3 Å². The van der Waals surface area contributed by atoms with Gasteiger partial charge in [-0.05, 0) is 37.4 Å². The molecule has 3 aromatic rings. The lowest BCUT2D eigenvalue weighted by Gasteiger charge is -2.42. The lowest BCUT2D eigenvalue weighted by molar-refractivity contribution is -0.192. The van der Waals surface area contributed by atoms with Crippen LogP contribution in [0, 0.1) is 0 Å². The fourth-order valence-corrected chi connectivity index (χ4v) is 4.53. The van der Waals surface area contributed by atoms with Crippen molar-refractivity contribution in [1.29, 1.82) is 0 Å². The van der Waals surface area contributed by atoms with E-state index in [1.165, 1.54) is 0 Å². The zero-order valence-corrected chi connectivity index (χ0v) is 21.2. The summed E-state index contributed by atoms with van der Waals surface area (Å²) in [7, 11) is 0. The minimum Gasteiger partial charge on any atom is -0.475 e. The Morgan fingerprint density at radius 1 is 1.19 bits per heavy atom. The summed E-state index contributed by atoms with van der Waals surface area (Å²) >= 11 is 1.61. The first-order valence-electron chi connectivity index (χ1n) is 11.3. The quantitative estimate of drug-likeness (QED) is 0.511. The maximum absolute atomic E-state index is 12.7. The van der Waals surface area contributed by atoms with E-state index in [0.29, 0.717) is 36.9 Å². The number of piperazine rings is 1. The van der Waals surface area contributed by atoms with Gasteiger partial charge in [0, 0.05) is 43.7 Å². The lowest BCUT2D eigenvalue weighted by atomic mass is 10.1. The van der Waals surface area contributed by atoms with Gasteiger partial charge in [0.05, 0.1) is 18.2 Å². The molecule has 1 aliphatic rings. The van der Waals surface area contributed by atoms with Gasteiger partial charge in [-0.25, -0.2) is 4.79 Å². The maximum Gasteiger partial charge on any atom is 0.490 e. The van der Waals surface area contributed by atoms with Crippen molar-refractivity contribution in [2.45, 2.75) is 45.6 Å². The molecule has 200 valence electrons. The van der Waals surface area contributed by atoms with Gasteiger partial charge >= 0.3 is 12.1 Å². The molecule has 10 nitrogen and oxygen atoms in total. The van der Waals surface area contributed by atoms with Gasteiger partial charge in [-0.1, -0.05) is 6.07 Å². The molecule has 0 bridgehead atoms. The molecule has 2 amide bonds. The molecule has 4 heterocycles. The van der Waals surface area contributed by atoms with E-state index in [1.807, 2.05) is 32.9 Å². The van der Waals surface area contributed by atoms with Gasteiger partial charge in [-0.2, -0.15) is 13.2 Å². The zero-order valence-electron chi connectivity index (χ0n) is 20.4. The SMILES string of the molecule is CC(=O)N1CCN(C(C)C)C(c2nnc3ccc(C(=O)NCc4cccs4)cn23)C1.O=C(O)C(F)(F)F. The predicted molar refractivity (Wildman–Crippen MR) is 129 cm³/mol. The molecule has 1 unspecified atom stereocenters. The second-order valence-corrected chi connectivity index (χ2v) is 9.61. The fourth-order valence-electron chi connectivity index (χ4n) is 3.88. The number of nitrogens with one attached hydrogen (secondary N) is 1. The number of fused-ring (bicyclic) bond motifs is 1.